The van der Waals surface area contributed by atoms with Crippen molar-refractivity contribution < 1.29 is 27.5 Å². The molecule has 1 aromatic heterocycles. The molecule has 0 spiro atoms. The molecule has 1 amide bonds. The number of ether oxygens (including phenoxy) is 1. The third kappa shape index (κ3) is 7.42. The fourth-order valence-corrected chi connectivity index (χ4v) is 4.69. The summed E-state index contributed by atoms with van der Waals surface area (Å²) in [5, 5.41) is 3.21. The van der Waals surface area contributed by atoms with E-state index in [4.69, 9.17) is 0 Å². The molecule has 3 aromatic carbocycles. The molecular weight excluding hydrogens is 547 g/mol. The quantitative estimate of drug-likeness (QED) is 0.235. The molecule has 8 nitrogen and oxygen atoms in total. The maximum atomic E-state index is 12.6. The molecule has 2 heterocycles. The van der Waals surface area contributed by atoms with Crippen LogP contribution in [-0.2, 0) is 22.4 Å². The minimum Gasteiger partial charge on any atom is -0.406 e. The van der Waals surface area contributed by atoms with E-state index in [1.54, 1.807) is 17.2 Å². The number of nitrogens with one attached hydrogen (secondary N) is 1. The molecule has 0 saturated carbocycles. The zero-order chi connectivity index (χ0) is 29.7. The van der Waals surface area contributed by atoms with Gasteiger partial charge in [-0.1, -0.05) is 30.3 Å². The van der Waals surface area contributed by atoms with Gasteiger partial charge in [-0.25, -0.2) is 4.98 Å². The van der Waals surface area contributed by atoms with Crippen molar-refractivity contribution in [2.24, 2.45) is 0 Å². The molecule has 0 radical (unpaired) electrons. The van der Waals surface area contributed by atoms with E-state index in [1.165, 1.54) is 24.3 Å². The Labute approximate surface area is 240 Å². The van der Waals surface area contributed by atoms with Gasteiger partial charge in [-0.05, 0) is 66.1 Å². The van der Waals surface area contributed by atoms with Crippen LogP contribution in [-0.4, -0.2) is 41.6 Å². The molecule has 1 saturated heterocycles. The average molecular weight is 576 g/mol. The summed E-state index contributed by atoms with van der Waals surface area (Å²) in [4.78, 5) is 37.3. The standard InChI is InChI=1S/C31H28F3N5O3/c1-38(28-15-16-35-30(37-28)36-23-4-2-5-25(20-23)39-17-3-6-29(39)41)24-11-7-21(8-12-24)18-26(40)19-22-9-13-27(14-10-22)42-31(32,33)34/h2,4-5,7-16,20H,3,6,17-19H2,1H3,(H,35,36,37). The van der Waals surface area contributed by atoms with Crippen LogP contribution in [0.15, 0.2) is 85.1 Å². The van der Waals surface area contributed by atoms with Gasteiger partial charge in [-0.15, -0.1) is 13.2 Å². The third-order valence-electron chi connectivity index (χ3n) is 6.76. The van der Waals surface area contributed by atoms with Crippen LogP contribution in [0, 0.1) is 0 Å². The van der Waals surface area contributed by atoms with E-state index in [9.17, 15) is 22.8 Å². The SMILES string of the molecule is CN(c1ccc(CC(=O)Cc2ccc(OC(F)(F)F)cc2)cc1)c1ccnc(Nc2cccc(N3CCCC3=O)c2)n1. The summed E-state index contributed by atoms with van der Waals surface area (Å²) in [6, 6.07) is 22.2. The number of hydrogen-bond donors (Lipinski definition) is 1. The fourth-order valence-electron chi connectivity index (χ4n) is 4.69. The number of anilines is 5. The first-order valence-electron chi connectivity index (χ1n) is 13.3. The Morgan fingerprint density at radius 2 is 1.69 bits per heavy atom. The third-order valence-corrected chi connectivity index (χ3v) is 6.76. The van der Waals surface area contributed by atoms with Crippen molar-refractivity contribution in [1.29, 1.82) is 0 Å². The number of carbonyl (C=O) groups is 2. The summed E-state index contributed by atoms with van der Waals surface area (Å²) in [6.07, 6.45) is -1.39. The second-order valence-electron chi connectivity index (χ2n) is 9.87. The largest absolute Gasteiger partial charge is 0.573 e. The Hall–Kier alpha value is -4.93. The van der Waals surface area contributed by atoms with Crippen LogP contribution in [0.3, 0.4) is 0 Å². The summed E-state index contributed by atoms with van der Waals surface area (Å²) in [6.45, 7) is 0.712. The van der Waals surface area contributed by atoms with Crippen LogP contribution < -0.4 is 19.9 Å². The highest BCUT2D eigenvalue weighted by Gasteiger charge is 2.31. The van der Waals surface area contributed by atoms with Gasteiger partial charge in [0.05, 0.1) is 0 Å². The van der Waals surface area contributed by atoms with Crippen molar-refractivity contribution in [2.45, 2.75) is 32.0 Å². The van der Waals surface area contributed by atoms with Gasteiger partial charge < -0.3 is 19.9 Å². The molecule has 0 aliphatic carbocycles. The normalized spacial score (nSPS) is 13.2. The summed E-state index contributed by atoms with van der Waals surface area (Å²) in [7, 11) is 1.87. The molecule has 42 heavy (non-hydrogen) atoms. The zero-order valence-electron chi connectivity index (χ0n) is 22.8. The van der Waals surface area contributed by atoms with Gasteiger partial charge in [-0.3, -0.25) is 9.59 Å². The number of nitrogens with zero attached hydrogens (tertiary/aromatic N) is 4. The van der Waals surface area contributed by atoms with Crippen LogP contribution in [0.1, 0.15) is 24.0 Å². The molecule has 11 heteroatoms. The Morgan fingerprint density at radius 3 is 2.33 bits per heavy atom. The molecule has 0 atom stereocenters. The summed E-state index contributed by atoms with van der Waals surface area (Å²) >= 11 is 0. The minimum atomic E-state index is -4.76. The molecule has 0 bridgehead atoms. The predicted molar refractivity (Wildman–Crippen MR) is 153 cm³/mol. The predicted octanol–water partition coefficient (Wildman–Crippen LogP) is 6.37. The van der Waals surface area contributed by atoms with Gasteiger partial charge in [-0.2, -0.15) is 4.98 Å². The Bertz CT molecular complexity index is 1560. The van der Waals surface area contributed by atoms with E-state index >= 15 is 0 Å². The monoisotopic (exact) mass is 575 g/mol. The lowest BCUT2D eigenvalue weighted by Crippen LogP contribution is -2.23. The van der Waals surface area contributed by atoms with Crippen molar-refractivity contribution in [2.75, 3.05) is 28.7 Å². The fraction of sp³-hybridized carbons (Fsp3) is 0.226. The second kappa shape index (κ2) is 12.3. The minimum absolute atomic E-state index is 0.0646. The van der Waals surface area contributed by atoms with E-state index < -0.39 is 6.36 Å². The maximum absolute atomic E-state index is 12.6. The molecule has 1 N–H and O–H groups in total. The smallest absolute Gasteiger partial charge is 0.406 e. The summed E-state index contributed by atoms with van der Waals surface area (Å²) in [5.74, 6) is 0.792. The number of ketones is 1. The lowest BCUT2D eigenvalue weighted by molar-refractivity contribution is -0.274. The highest BCUT2D eigenvalue weighted by atomic mass is 19.4. The molecule has 1 aliphatic rings. The van der Waals surface area contributed by atoms with Crippen LogP contribution in [0.4, 0.5) is 42.0 Å². The van der Waals surface area contributed by atoms with Crippen molar-refractivity contribution >= 4 is 40.5 Å². The maximum Gasteiger partial charge on any atom is 0.573 e. The van der Waals surface area contributed by atoms with E-state index in [0.29, 0.717) is 30.3 Å². The number of halogens is 3. The topological polar surface area (TPSA) is 87.7 Å². The van der Waals surface area contributed by atoms with Crippen molar-refractivity contribution in [3.8, 4) is 5.75 Å². The number of hydrogen-bond acceptors (Lipinski definition) is 7. The first-order valence-corrected chi connectivity index (χ1v) is 13.3. The lowest BCUT2D eigenvalue weighted by Gasteiger charge is -2.19. The molecular formula is C31H28F3N5O3. The van der Waals surface area contributed by atoms with Crippen molar-refractivity contribution in [1.82, 2.24) is 9.97 Å². The highest BCUT2D eigenvalue weighted by Crippen LogP contribution is 2.27. The first-order chi connectivity index (χ1) is 20.1. The Morgan fingerprint density at radius 1 is 1.00 bits per heavy atom. The zero-order valence-corrected chi connectivity index (χ0v) is 22.8. The average Bonchev–Trinajstić information content (AvgIpc) is 3.39. The van der Waals surface area contributed by atoms with Crippen molar-refractivity contribution in [3.63, 3.8) is 0 Å². The van der Waals surface area contributed by atoms with Crippen molar-refractivity contribution in [3.05, 3.63) is 96.2 Å². The van der Waals surface area contributed by atoms with Gasteiger partial charge in [0.25, 0.3) is 0 Å². The van der Waals surface area contributed by atoms with Gasteiger partial charge >= 0.3 is 6.36 Å². The number of rotatable bonds is 10. The number of aromatic nitrogens is 2. The number of carbonyl (C=O) groups excluding carboxylic acids is 2. The van der Waals surface area contributed by atoms with E-state index in [2.05, 4.69) is 20.0 Å². The van der Waals surface area contributed by atoms with Gasteiger partial charge in [0.15, 0.2) is 0 Å². The van der Waals surface area contributed by atoms with Gasteiger partial charge in [0.1, 0.15) is 17.4 Å². The number of benzene rings is 3. The van der Waals surface area contributed by atoms with Crippen LogP contribution in [0.25, 0.3) is 0 Å². The number of Topliss-reactive ketones (excluding diaryl/α,β-unsaturated/α-hetero) is 1. The summed E-state index contributed by atoms with van der Waals surface area (Å²) in [5.41, 5.74) is 3.88. The van der Waals surface area contributed by atoms with Gasteiger partial charge in [0.2, 0.25) is 11.9 Å². The second-order valence-corrected chi connectivity index (χ2v) is 9.87. The number of alkyl halides is 3. The van der Waals surface area contributed by atoms with E-state index in [0.717, 1.165) is 29.0 Å². The summed E-state index contributed by atoms with van der Waals surface area (Å²) < 4.78 is 40.9. The molecule has 0 unspecified atom stereocenters. The Balaban J connectivity index is 1.18. The molecule has 4 aromatic rings. The Kier molecular flexibility index (Phi) is 8.37. The van der Waals surface area contributed by atoms with Crippen LogP contribution in [0.2, 0.25) is 0 Å². The number of amides is 1. The van der Waals surface area contributed by atoms with Gasteiger partial charge in [0, 0.05) is 56.1 Å². The lowest BCUT2D eigenvalue weighted by atomic mass is 10.0. The van der Waals surface area contributed by atoms with Crippen LogP contribution in [0.5, 0.6) is 5.75 Å². The van der Waals surface area contributed by atoms with E-state index in [-0.39, 0.29) is 30.3 Å². The molecule has 5 rings (SSSR count). The molecule has 216 valence electrons. The van der Waals surface area contributed by atoms with Crippen LogP contribution >= 0.6 is 0 Å². The molecule has 1 aliphatic heterocycles. The van der Waals surface area contributed by atoms with E-state index in [1.807, 2.05) is 60.5 Å². The highest BCUT2D eigenvalue weighted by molar-refractivity contribution is 5.95. The molecule has 1 fully saturated rings. The first kappa shape index (κ1) is 28.6.